The molecule has 0 saturated heterocycles. The molecule has 1 atom stereocenters. The van der Waals surface area contributed by atoms with E-state index < -0.39 is 0 Å². The van der Waals surface area contributed by atoms with Crippen LogP contribution in [-0.4, -0.2) is 11.0 Å². The second-order valence-electron chi connectivity index (χ2n) is 4.35. The van der Waals surface area contributed by atoms with E-state index in [1.54, 1.807) is 24.4 Å². The summed E-state index contributed by atoms with van der Waals surface area (Å²) in [6.07, 6.45) is 2.53. The molecule has 18 heavy (non-hydrogen) atoms. The highest BCUT2D eigenvalue weighted by atomic mass is 19.1. The number of anilines is 2. The zero-order chi connectivity index (χ0) is 13.0. The summed E-state index contributed by atoms with van der Waals surface area (Å²) in [5.41, 5.74) is 7.55. The lowest BCUT2D eigenvalue weighted by atomic mass is 10.1. The van der Waals surface area contributed by atoms with Crippen LogP contribution in [0.3, 0.4) is 0 Å². The molecular weight excluding hydrogens is 229 g/mol. The number of nitrogens with two attached hydrogens (primary N) is 1. The van der Waals surface area contributed by atoms with Crippen molar-refractivity contribution in [2.75, 3.05) is 11.1 Å². The molecule has 1 heterocycles. The number of aromatic nitrogens is 1. The molecule has 0 bridgehead atoms. The van der Waals surface area contributed by atoms with Crippen LogP contribution in [0.5, 0.6) is 0 Å². The smallest absolute Gasteiger partial charge is 0.123 e. The molecule has 1 aromatic heterocycles. The molecule has 1 unspecified atom stereocenters. The molecular formula is C14H16FN3. The molecule has 0 aliphatic rings. The molecule has 94 valence electrons. The largest absolute Gasteiger partial charge is 0.384 e. The number of nitrogen functional groups attached to an aromatic ring is 1. The zero-order valence-electron chi connectivity index (χ0n) is 10.2. The minimum absolute atomic E-state index is 0.206. The minimum Gasteiger partial charge on any atom is -0.384 e. The number of hydrogen-bond acceptors (Lipinski definition) is 3. The van der Waals surface area contributed by atoms with Crippen molar-refractivity contribution >= 4 is 11.5 Å². The maximum absolute atomic E-state index is 12.8. The van der Waals surface area contributed by atoms with Crippen molar-refractivity contribution in [1.29, 1.82) is 0 Å². The summed E-state index contributed by atoms with van der Waals surface area (Å²) >= 11 is 0. The average molecular weight is 245 g/mol. The van der Waals surface area contributed by atoms with E-state index in [4.69, 9.17) is 5.73 Å². The van der Waals surface area contributed by atoms with Gasteiger partial charge in [0, 0.05) is 6.04 Å². The van der Waals surface area contributed by atoms with Gasteiger partial charge in [0.15, 0.2) is 0 Å². The quantitative estimate of drug-likeness (QED) is 0.870. The van der Waals surface area contributed by atoms with Gasteiger partial charge in [0.1, 0.15) is 11.6 Å². The van der Waals surface area contributed by atoms with Gasteiger partial charge in [0.25, 0.3) is 0 Å². The second-order valence-corrected chi connectivity index (χ2v) is 4.35. The SMILES string of the molecule is CC(Cc1ccc(F)cc1)Nc1ccc(N)nc1. The standard InChI is InChI=1S/C14H16FN3/c1-10(8-11-2-4-12(15)5-3-11)18-13-6-7-14(16)17-9-13/h2-7,9-10,18H,8H2,1H3,(H2,16,17). The Hall–Kier alpha value is -2.10. The highest BCUT2D eigenvalue weighted by molar-refractivity contribution is 5.46. The van der Waals surface area contributed by atoms with Crippen molar-refractivity contribution in [2.24, 2.45) is 0 Å². The molecule has 3 N–H and O–H groups in total. The Labute approximate surface area is 106 Å². The summed E-state index contributed by atoms with van der Waals surface area (Å²) < 4.78 is 12.8. The summed E-state index contributed by atoms with van der Waals surface area (Å²) in [6, 6.07) is 10.4. The molecule has 3 nitrogen and oxygen atoms in total. The van der Waals surface area contributed by atoms with Gasteiger partial charge in [0.05, 0.1) is 11.9 Å². The molecule has 0 spiro atoms. The van der Waals surface area contributed by atoms with Crippen LogP contribution < -0.4 is 11.1 Å². The molecule has 1 aromatic carbocycles. The number of rotatable bonds is 4. The van der Waals surface area contributed by atoms with E-state index in [0.717, 1.165) is 17.7 Å². The van der Waals surface area contributed by atoms with Gasteiger partial charge >= 0.3 is 0 Å². The molecule has 0 radical (unpaired) electrons. The predicted molar refractivity (Wildman–Crippen MR) is 71.8 cm³/mol. The Morgan fingerprint density at radius 3 is 2.56 bits per heavy atom. The Bertz CT molecular complexity index is 446. The third kappa shape index (κ3) is 3.45. The van der Waals surface area contributed by atoms with Crippen molar-refractivity contribution in [2.45, 2.75) is 19.4 Å². The monoisotopic (exact) mass is 245 g/mol. The van der Waals surface area contributed by atoms with Crippen LogP contribution in [0.15, 0.2) is 42.6 Å². The van der Waals surface area contributed by atoms with Gasteiger partial charge in [-0.1, -0.05) is 12.1 Å². The Kier molecular flexibility index (Phi) is 3.77. The topological polar surface area (TPSA) is 50.9 Å². The van der Waals surface area contributed by atoms with Crippen LogP contribution in [0.2, 0.25) is 0 Å². The maximum Gasteiger partial charge on any atom is 0.123 e. The Morgan fingerprint density at radius 1 is 1.22 bits per heavy atom. The molecule has 0 amide bonds. The first-order valence-corrected chi connectivity index (χ1v) is 5.86. The first-order valence-electron chi connectivity index (χ1n) is 5.86. The zero-order valence-corrected chi connectivity index (χ0v) is 10.2. The minimum atomic E-state index is -0.206. The lowest BCUT2D eigenvalue weighted by Crippen LogP contribution is -2.18. The van der Waals surface area contributed by atoms with E-state index in [1.165, 1.54) is 12.1 Å². The van der Waals surface area contributed by atoms with Crippen molar-refractivity contribution < 1.29 is 4.39 Å². The van der Waals surface area contributed by atoms with Gasteiger partial charge in [0.2, 0.25) is 0 Å². The summed E-state index contributed by atoms with van der Waals surface area (Å²) in [4.78, 5) is 4.02. The fraction of sp³-hybridized carbons (Fsp3) is 0.214. The highest BCUT2D eigenvalue weighted by Gasteiger charge is 2.04. The van der Waals surface area contributed by atoms with Crippen molar-refractivity contribution in [3.05, 3.63) is 54.0 Å². The molecule has 0 aliphatic carbocycles. The van der Waals surface area contributed by atoms with Gasteiger partial charge in [-0.3, -0.25) is 0 Å². The molecule has 2 rings (SSSR count). The van der Waals surface area contributed by atoms with Gasteiger partial charge in [-0.05, 0) is 43.2 Å². The van der Waals surface area contributed by atoms with Crippen molar-refractivity contribution in [3.8, 4) is 0 Å². The fourth-order valence-electron chi connectivity index (χ4n) is 1.80. The molecule has 0 aliphatic heterocycles. The number of nitrogens with zero attached hydrogens (tertiary/aromatic N) is 1. The molecule has 0 fully saturated rings. The van der Waals surface area contributed by atoms with E-state index in [9.17, 15) is 4.39 Å². The number of hydrogen-bond donors (Lipinski definition) is 2. The molecule has 2 aromatic rings. The number of benzene rings is 1. The van der Waals surface area contributed by atoms with Crippen molar-refractivity contribution in [3.63, 3.8) is 0 Å². The summed E-state index contributed by atoms with van der Waals surface area (Å²) in [5.74, 6) is 0.300. The molecule has 4 heteroatoms. The van der Waals surface area contributed by atoms with E-state index in [-0.39, 0.29) is 11.9 Å². The van der Waals surface area contributed by atoms with E-state index in [1.807, 2.05) is 6.07 Å². The summed E-state index contributed by atoms with van der Waals surface area (Å²) in [5, 5.41) is 3.32. The van der Waals surface area contributed by atoms with Gasteiger partial charge in [-0.15, -0.1) is 0 Å². The van der Waals surface area contributed by atoms with Crippen LogP contribution >= 0.6 is 0 Å². The van der Waals surface area contributed by atoms with Gasteiger partial charge in [-0.25, -0.2) is 9.37 Å². The number of nitrogens with one attached hydrogen (secondary N) is 1. The third-order valence-electron chi connectivity index (χ3n) is 2.65. The van der Waals surface area contributed by atoms with Crippen LogP contribution in [0.25, 0.3) is 0 Å². The van der Waals surface area contributed by atoms with E-state index in [2.05, 4.69) is 17.2 Å². The lowest BCUT2D eigenvalue weighted by molar-refractivity contribution is 0.626. The van der Waals surface area contributed by atoms with Crippen molar-refractivity contribution in [1.82, 2.24) is 4.98 Å². The van der Waals surface area contributed by atoms with E-state index in [0.29, 0.717) is 5.82 Å². The lowest BCUT2D eigenvalue weighted by Gasteiger charge is -2.15. The van der Waals surface area contributed by atoms with Crippen LogP contribution in [0, 0.1) is 5.82 Å². The van der Waals surface area contributed by atoms with Crippen LogP contribution in [0.4, 0.5) is 15.9 Å². The summed E-state index contributed by atoms with van der Waals surface area (Å²) in [7, 11) is 0. The second kappa shape index (κ2) is 5.49. The Balaban J connectivity index is 1.94. The Morgan fingerprint density at radius 2 is 1.94 bits per heavy atom. The molecule has 0 saturated carbocycles. The highest BCUT2D eigenvalue weighted by Crippen LogP contribution is 2.12. The van der Waals surface area contributed by atoms with E-state index >= 15 is 0 Å². The average Bonchev–Trinajstić information content (AvgIpc) is 2.35. The fourth-order valence-corrected chi connectivity index (χ4v) is 1.80. The maximum atomic E-state index is 12.8. The number of halogens is 1. The van der Waals surface area contributed by atoms with Crippen LogP contribution in [-0.2, 0) is 6.42 Å². The normalized spacial score (nSPS) is 12.1. The van der Waals surface area contributed by atoms with Gasteiger partial charge < -0.3 is 11.1 Å². The summed E-state index contributed by atoms with van der Waals surface area (Å²) in [6.45, 7) is 2.07. The predicted octanol–water partition coefficient (Wildman–Crippen LogP) is 2.85. The van der Waals surface area contributed by atoms with Gasteiger partial charge in [-0.2, -0.15) is 0 Å². The first kappa shape index (κ1) is 12.4. The van der Waals surface area contributed by atoms with Crippen LogP contribution in [0.1, 0.15) is 12.5 Å². The third-order valence-corrected chi connectivity index (χ3v) is 2.65. The number of pyridine rings is 1. The first-order chi connectivity index (χ1) is 8.63.